The highest BCUT2D eigenvalue weighted by atomic mass is 32.1. The fourth-order valence-electron chi connectivity index (χ4n) is 3.16. The summed E-state index contributed by atoms with van der Waals surface area (Å²) in [5.41, 5.74) is 0.834. The summed E-state index contributed by atoms with van der Waals surface area (Å²) in [5, 5.41) is 13.2. The molecule has 2 N–H and O–H groups in total. The number of rotatable bonds is 5. The molecule has 0 aliphatic carbocycles. The SMILES string of the molecule is COc1ccc2sc(C(=O)NC(C(=O)O)C3CCCOC3)c(C)c2c1. The number of hydrogen-bond acceptors (Lipinski definition) is 5. The minimum atomic E-state index is -1.02. The van der Waals surface area contributed by atoms with Gasteiger partial charge in [0.1, 0.15) is 11.8 Å². The highest BCUT2D eigenvalue weighted by molar-refractivity contribution is 7.21. The maximum absolute atomic E-state index is 12.7. The lowest BCUT2D eigenvalue weighted by molar-refractivity contribution is -0.142. The number of fused-ring (bicyclic) bond motifs is 1. The number of aliphatic carboxylic acids is 1. The number of amides is 1. The van der Waals surface area contributed by atoms with Crippen molar-refractivity contribution in [1.82, 2.24) is 5.32 Å². The van der Waals surface area contributed by atoms with Gasteiger partial charge in [-0.25, -0.2) is 4.79 Å². The summed E-state index contributed by atoms with van der Waals surface area (Å²) in [6.45, 7) is 2.88. The molecule has 1 aromatic carbocycles. The second kappa shape index (κ2) is 7.41. The van der Waals surface area contributed by atoms with Crippen molar-refractivity contribution in [3.05, 3.63) is 28.6 Å². The molecule has 2 heterocycles. The summed E-state index contributed by atoms with van der Waals surface area (Å²) in [7, 11) is 1.60. The summed E-state index contributed by atoms with van der Waals surface area (Å²) in [5.74, 6) is -0.854. The fourth-order valence-corrected chi connectivity index (χ4v) is 4.25. The van der Waals surface area contributed by atoms with Gasteiger partial charge >= 0.3 is 5.97 Å². The Balaban J connectivity index is 1.85. The summed E-state index contributed by atoms with van der Waals surface area (Å²) < 4.78 is 11.6. The number of nitrogens with one attached hydrogen (secondary N) is 1. The number of carbonyl (C=O) groups excluding carboxylic acids is 1. The molecule has 2 unspecified atom stereocenters. The van der Waals surface area contributed by atoms with E-state index in [0.717, 1.165) is 34.2 Å². The van der Waals surface area contributed by atoms with Crippen LogP contribution in [0.1, 0.15) is 28.1 Å². The second-order valence-electron chi connectivity index (χ2n) is 6.18. The highest BCUT2D eigenvalue weighted by Crippen LogP contribution is 2.33. The summed E-state index contributed by atoms with van der Waals surface area (Å²) in [6, 6.07) is 4.71. The standard InChI is InChI=1S/C18H21NO5S/c1-10-13-8-12(23-2)5-6-14(13)25-16(10)17(20)19-15(18(21)22)11-4-3-7-24-9-11/h5-6,8,11,15H,3-4,7,9H2,1-2H3,(H,19,20)(H,21,22). The van der Waals surface area contributed by atoms with Gasteiger partial charge < -0.3 is 19.9 Å². The lowest BCUT2D eigenvalue weighted by Crippen LogP contribution is -2.48. The maximum atomic E-state index is 12.7. The van der Waals surface area contributed by atoms with Crippen LogP contribution in [-0.2, 0) is 9.53 Å². The molecule has 0 radical (unpaired) electrons. The number of ether oxygens (including phenoxy) is 2. The van der Waals surface area contributed by atoms with Gasteiger partial charge in [0.05, 0.1) is 18.6 Å². The van der Waals surface area contributed by atoms with Gasteiger partial charge in [0.15, 0.2) is 0 Å². The zero-order valence-corrected chi connectivity index (χ0v) is 15.0. The third kappa shape index (κ3) is 3.62. The molecule has 0 saturated carbocycles. The lowest BCUT2D eigenvalue weighted by Gasteiger charge is -2.28. The zero-order chi connectivity index (χ0) is 18.0. The van der Waals surface area contributed by atoms with E-state index in [9.17, 15) is 14.7 Å². The van der Waals surface area contributed by atoms with Crippen molar-refractivity contribution in [2.24, 2.45) is 5.92 Å². The minimum Gasteiger partial charge on any atom is -0.497 e. The van der Waals surface area contributed by atoms with Crippen molar-refractivity contribution in [2.45, 2.75) is 25.8 Å². The van der Waals surface area contributed by atoms with Gasteiger partial charge in [-0.05, 0) is 48.9 Å². The normalized spacial score (nSPS) is 18.7. The van der Waals surface area contributed by atoms with Crippen molar-refractivity contribution in [2.75, 3.05) is 20.3 Å². The topological polar surface area (TPSA) is 84.9 Å². The minimum absolute atomic E-state index is 0.204. The molecular weight excluding hydrogens is 342 g/mol. The van der Waals surface area contributed by atoms with E-state index >= 15 is 0 Å². The predicted molar refractivity (Wildman–Crippen MR) is 95.5 cm³/mol. The molecule has 2 atom stereocenters. The molecule has 6 nitrogen and oxygen atoms in total. The van der Waals surface area contributed by atoms with Gasteiger partial charge in [-0.15, -0.1) is 11.3 Å². The zero-order valence-electron chi connectivity index (χ0n) is 14.2. The van der Waals surface area contributed by atoms with Crippen molar-refractivity contribution in [3.63, 3.8) is 0 Å². The summed E-state index contributed by atoms with van der Waals surface area (Å²) in [6.07, 6.45) is 1.55. The Morgan fingerprint density at radius 1 is 1.44 bits per heavy atom. The molecule has 25 heavy (non-hydrogen) atoms. The van der Waals surface area contributed by atoms with Crippen LogP contribution in [0.2, 0.25) is 0 Å². The number of methoxy groups -OCH3 is 1. The smallest absolute Gasteiger partial charge is 0.326 e. The van der Waals surface area contributed by atoms with Crippen LogP contribution >= 0.6 is 11.3 Å². The van der Waals surface area contributed by atoms with E-state index in [0.29, 0.717) is 18.1 Å². The van der Waals surface area contributed by atoms with Crippen LogP contribution < -0.4 is 10.1 Å². The molecule has 0 spiro atoms. The maximum Gasteiger partial charge on any atom is 0.326 e. The Bertz CT molecular complexity index is 794. The molecule has 1 aromatic heterocycles. The molecule has 134 valence electrons. The van der Waals surface area contributed by atoms with E-state index in [1.807, 2.05) is 25.1 Å². The monoisotopic (exact) mass is 363 g/mol. The molecule has 1 aliphatic heterocycles. The van der Waals surface area contributed by atoms with Crippen LogP contribution in [0.15, 0.2) is 18.2 Å². The van der Waals surface area contributed by atoms with Gasteiger partial charge in [0.25, 0.3) is 5.91 Å². The first-order valence-electron chi connectivity index (χ1n) is 8.20. The van der Waals surface area contributed by atoms with Crippen molar-refractivity contribution >= 4 is 33.3 Å². The molecule has 1 saturated heterocycles. The predicted octanol–water partition coefficient (Wildman–Crippen LogP) is 2.83. The first kappa shape index (κ1) is 17.7. The number of benzene rings is 1. The Hall–Kier alpha value is -2.12. The molecule has 1 amide bonds. The van der Waals surface area contributed by atoms with Gasteiger partial charge in [-0.2, -0.15) is 0 Å². The second-order valence-corrected chi connectivity index (χ2v) is 7.24. The van der Waals surface area contributed by atoms with Gasteiger partial charge in [-0.3, -0.25) is 4.79 Å². The third-order valence-electron chi connectivity index (χ3n) is 4.57. The summed E-state index contributed by atoms with van der Waals surface area (Å²) >= 11 is 1.36. The Morgan fingerprint density at radius 3 is 2.88 bits per heavy atom. The van der Waals surface area contributed by atoms with Gasteiger partial charge in [0, 0.05) is 17.2 Å². The molecule has 1 fully saturated rings. The molecule has 2 aromatic rings. The lowest BCUT2D eigenvalue weighted by atomic mass is 9.93. The Kier molecular flexibility index (Phi) is 5.24. The highest BCUT2D eigenvalue weighted by Gasteiger charge is 2.32. The average molecular weight is 363 g/mol. The number of thiophene rings is 1. The van der Waals surface area contributed by atoms with Crippen LogP contribution in [0.5, 0.6) is 5.75 Å². The number of carbonyl (C=O) groups is 2. The van der Waals surface area contributed by atoms with E-state index in [2.05, 4.69) is 5.32 Å². The van der Waals surface area contributed by atoms with Crippen LogP contribution in [0.25, 0.3) is 10.1 Å². The molecule has 7 heteroatoms. The number of carboxylic acids is 1. The molecule has 1 aliphatic rings. The number of hydrogen-bond donors (Lipinski definition) is 2. The Morgan fingerprint density at radius 2 is 2.24 bits per heavy atom. The van der Waals surface area contributed by atoms with E-state index in [1.54, 1.807) is 7.11 Å². The van der Waals surface area contributed by atoms with E-state index in [1.165, 1.54) is 11.3 Å². The quantitative estimate of drug-likeness (QED) is 0.853. The largest absolute Gasteiger partial charge is 0.497 e. The first-order chi connectivity index (χ1) is 12.0. The van der Waals surface area contributed by atoms with Crippen molar-refractivity contribution in [3.8, 4) is 5.75 Å². The number of carboxylic acid groups (broad SMARTS) is 1. The van der Waals surface area contributed by atoms with E-state index < -0.39 is 12.0 Å². The van der Waals surface area contributed by atoms with Gasteiger partial charge in [0.2, 0.25) is 0 Å². The Labute approximate surface area is 149 Å². The third-order valence-corrected chi connectivity index (χ3v) is 5.84. The molecule has 3 rings (SSSR count). The van der Waals surface area contributed by atoms with E-state index in [-0.39, 0.29) is 11.8 Å². The summed E-state index contributed by atoms with van der Waals surface area (Å²) in [4.78, 5) is 24.9. The fraction of sp³-hybridized carbons (Fsp3) is 0.444. The average Bonchev–Trinajstić information content (AvgIpc) is 2.96. The van der Waals surface area contributed by atoms with Crippen LogP contribution in [0.4, 0.5) is 0 Å². The molecular formula is C18H21NO5S. The van der Waals surface area contributed by atoms with E-state index in [4.69, 9.17) is 9.47 Å². The van der Waals surface area contributed by atoms with Crippen molar-refractivity contribution in [1.29, 1.82) is 0 Å². The van der Waals surface area contributed by atoms with Crippen LogP contribution in [0, 0.1) is 12.8 Å². The van der Waals surface area contributed by atoms with Crippen LogP contribution in [0.3, 0.4) is 0 Å². The molecule has 0 bridgehead atoms. The van der Waals surface area contributed by atoms with Gasteiger partial charge in [-0.1, -0.05) is 0 Å². The van der Waals surface area contributed by atoms with Crippen molar-refractivity contribution < 1.29 is 24.2 Å². The number of aryl methyl sites for hydroxylation is 1. The first-order valence-corrected chi connectivity index (χ1v) is 9.01. The van der Waals surface area contributed by atoms with Crippen LogP contribution in [-0.4, -0.2) is 43.3 Å².